The number of nitrogens with one attached hydrogen (secondary N) is 2. The number of amides is 1. The molecule has 37 heavy (non-hydrogen) atoms. The number of halogens is 1. The highest BCUT2D eigenvalue weighted by atomic mass is 35.5. The van der Waals surface area contributed by atoms with Crippen molar-refractivity contribution in [3.8, 4) is 11.8 Å². The molecule has 0 saturated carbocycles. The van der Waals surface area contributed by atoms with Gasteiger partial charge in [-0.2, -0.15) is 5.26 Å². The molecule has 0 aromatic heterocycles. The lowest BCUT2D eigenvalue weighted by Gasteiger charge is -2.37. The highest BCUT2D eigenvalue weighted by Gasteiger charge is 2.42. The molecule has 0 bridgehead atoms. The maximum atomic E-state index is 13.8. The molecule has 1 amide bonds. The third kappa shape index (κ3) is 5.79. The summed E-state index contributed by atoms with van der Waals surface area (Å²) >= 11 is 8.34. The number of allylic oxidation sites excluding steroid dienone is 6. The lowest BCUT2D eigenvalue weighted by atomic mass is 9.71. The molecule has 2 N–H and O–H groups in total. The van der Waals surface area contributed by atoms with Gasteiger partial charge in [-0.25, -0.2) is 0 Å². The minimum absolute atomic E-state index is 0.0363. The van der Waals surface area contributed by atoms with E-state index in [9.17, 15) is 10.1 Å². The second-order valence-corrected chi connectivity index (χ2v) is 10.7. The van der Waals surface area contributed by atoms with Gasteiger partial charge in [0.25, 0.3) is 5.91 Å². The Morgan fingerprint density at radius 1 is 1.19 bits per heavy atom. The monoisotopic (exact) mass is 531 g/mol. The van der Waals surface area contributed by atoms with Crippen molar-refractivity contribution in [3.05, 3.63) is 105 Å². The van der Waals surface area contributed by atoms with Crippen LogP contribution in [0.3, 0.4) is 0 Å². The summed E-state index contributed by atoms with van der Waals surface area (Å²) in [5, 5.41) is 18.2. The molecular formula is C30H30ClN3O2S. The van der Waals surface area contributed by atoms with Crippen LogP contribution in [0.5, 0.6) is 5.75 Å². The van der Waals surface area contributed by atoms with E-state index < -0.39 is 5.92 Å². The second kappa shape index (κ2) is 11.8. The first-order valence-corrected chi connectivity index (χ1v) is 13.5. The molecule has 7 heteroatoms. The minimum atomic E-state index is -0.509. The number of carbonyl (C=O) groups excluding carboxylic acids is 1. The Bertz CT molecular complexity index is 1350. The first-order chi connectivity index (χ1) is 17.8. The molecule has 0 fully saturated rings. The SMILES string of the molecule is COc1ccccc1NC(=O)C1=C(C)NC(SCc2ccc(C)cc2)=C(C#N)C1C1C(Cl)=CC=CC1C. The van der Waals surface area contributed by atoms with Crippen LogP contribution in [0.1, 0.15) is 25.0 Å². The molecule has 1 aliphatic heterocycles. The number of carbonyl (C=O) groups is 1. The Labute approximate surface area is 227 Å². The van der Waals surface area contributed by atoms with Gasteiger partial charge in [-0.1, -0.05) is 72.6 Å². The summed E-state index contributed by atoms with van der Waals surface area (Å²) in [6, 6.07) is 18.0. The molecule has 2 aliphatic rings. The Morgan fingerprint density at radius 3 is 2.59 bits per heavy atom. The van der Waals surface area contributed by atoms with Crippen molar-refractivity contribution in [2.24, 2.45) is 17.8 Å². The van der Waals surface area contributed by atoms with Crippen LogP contribution in [0.15, 0.2) is 93.7 Å². The van der Waals surface area contributed by atoms with Gasteiger partial charge in [-0.15, -0.1) is 11.8 Å². The van der Waals surface area contributed by atoms with Crippen LogP contribution in [0.4, 0.5) is 5.69 Å². The summed E-state index contributed by atoms with van der Waals surface area (Å²) in [5.41, 5.74) is 4.65. The Hall–Kier alpha value is -3.40. The van der Waals surface area contributed by atoms with Crippen molar-refractivity contribution in [3.63, 3.8) is 0 Å². The zero-order valence-electron chi connectivity index (χ0n) is 21.3. The molecule has 2 aromatic carbocycles. The van der Waals surface area contributed by atoms with Gasteiger partial charge in [0, 0.05) is 33.9 Å². The number of dihydropyridines is 1. The number of hydrogen-bond donors (Lipinski definition) is 2. The summed E-state index contributed by atoms with van der Waals surface area (Å²) in [6.45, 7) is 6.01. The van der Waals surface area contributed by atoms with Crippen molar-refractivity contribution >= 4 is 35.0 Å². The number of aryl methyl sites for hydroxylation is 1. The molecule has 190 valence electrons. The number of rotatable bonds is 7. The summed E-state index contributed by atoms with van der Waals surface area (Å²) in [7, 11) is 1.56. The van der Waals surface area contributed by atoms with E-state index in [1.54, 1.807) is 31.0 Å². The molecule has 0 spiro atoms. The van der Waals surface area contributed by atoms with Crippen LogP contribution in [0, 0.1) is 36.0 Å². The van der Waals surface area contributed by atoms with Crippen molar-refractivity contribution in [2.45, 2.75) is 26.5 Å². The van der Waals surface area contributed by atoms with Gasteiger partial charge in [-0.05, 0) is 43.5 Å². The van der Waals surface area contributed by atoms with Crippen LogP contribution in [0.25, 0.3) is 0 Å². The second-order valence-electron chi connectivity index (χ2n) is 9.25. The topological polar surface area (TPSA) is 74.2 Å². The first kappa shape index (κ1) is 26.7. The number of nitrogens with zero attached hydrogens (tertiary/aromatic N) is 1. The summed E-state index contributed by atoms with van der Waals surface area (Å²) < 4.78 is 5.43. The first-order valence-electron chi connectivity index (χ1n) is 12.1. The molecule has 0 radical (unpaired) electrons. The van der Waals surface area contributed by atoms with Crippen LogP contribution < -0.4 is 15.4 Å². The van der Waals surface area contributed by atoms with Crippen LogP contribution in [-0.4, -0.2) is 13.0 Å². The van der Waals surface area contributed by atoms with Crippen molar-refractivity contribution in [1.29, 1.82) is 5.26 Å². The molecule has 2 aromatic rings. The van der Waals surface area contributed by atoms with Gasteiger partial charge >= 0.3 is 0 Å². The maximum Gasteiger partial charge on any atom is 0.254 e. The molecule has 0 saturated heterocycles. The highest BCUT2D eigenvalue weighted by molar-refractivity contribution is 8.02. The third-order valence-corrected chi connectivity index (χ3v) is 8.18. The fourth-order valence-corrected chi connectivity index (χ4v) is 6.23. The number of benzene rings is 2. The number of para-hydroxylation sites is 2. The maximum absolute atomic E-state index is 13.8. The number of anilines is 1. The van der Waals surface area contributed by atoms with Gasteiger partial charge in [0.05, 0.1) is 29.5 Å². The third-order valence-electron chi connectivity index (χ3n) is 6.71. The number of ether oxygens (including phenoxy) is 1. The quantitative estimate of drug-likeness (QED) is 0.400. The Balaban J connectivity index is 1.73. The molecule has 1 heterocycles. The predicted molar refractivity (Wildman–Crippen MR) is 152 cm³/mol. The van der Waals surface area contributed by atoms with Gasteiger partial charge in [-0.3, -0.25) is 4.79 Å². The van der Waals surface area contributed by atoms with E-state index in [0.29, 0.717) is 39.1 Å². The van der Waals surface area contributed by atoms with E-state index in [2.05, 4.69) is 60.9 Å². The summed E-state index contributed by atoms with van der Waals surface area (Å²) in [5.74, 6) is 0.249. The van der Waals surface area contributed by atoms with E-state index in [-0.39, 0.29) is 17.7 Å². The predicted octanol–water partition coefficient (Wildman–Crippen LogP) is 7.05. The van der Waals surface area contributed by atoms with Gasteiger partial charge in [0.2, 0.25) is 0 Å². The van der Waals surface area contributed by atoms with Gasteiger partial charge in [0.1, 0.15) is 5.75 Å². The van der Waals surface area contributed by atoms with Gasteiger partial charge < -0.3 is 15.4 Å². The lowest BCUT2D eigenvalue weighted by Crippen LogP contribution is -2.37. The largest absolute Gasteiger partial charge is 0.495 e. The summed E-state index contributed by atoms with van der Waals surface area (Å²) in [6.07, 6.45) is 5.85. The fourth-order valence-electron chi connectivity index (χ4n) is 4.77. The average Bonchev–Trinajstić information content (AvgIpc) is 2.88. The zero-order valence-corrected chi connectivity index (χ0v) is 22.9. The van der Waals surface area contributed by atoms with Gasteiger partial charge in [0.15, 0.2) is 0 Å². The molecule has 3 atom stereocenters. The molecule has 3 unspecified atom stereocenters. The van der Waals surface area contributed by atoms with E-state index in [4.69, 9.17) is 16.3 Å². The Morgan fingerprint density at radius 2 is 1.92 bits per heavy atom. The van der Waals surface area contributed by atoms with Crippen molar-refractivity contribution in [1.82, 2.24) is 5.32 Å². The fraction of sp³-hybridized carbons (Fsp3) is 0.267. The van der Waals surface area contributed by atoms with E-state index in [1.165, 1.54) is 5.56 Å². The van der Waals surface area contributed by atoms with Crippen LogP contribution in [-0.2, 0) is 10.5 Å². The normalized spacial score (nSPS) is 21.2. The van der Waals surface area contributed by atoms with Crippen molar-refractivity contribution < 1.29 is 9.53 Å². The Kier molecular flexibility index (Phi) is 8.48. The smallest absolute Gasteiger partial charge is 0.254 e. The number of thioether (sulfide) groups is 1. The van der Waals surface area contributed by atoms with E-state index >= 15 is 0 Å². The van der Waals surface area contributed by atoms with Crippen LogP contribution in [0.2, 0.25) is 0 Å². The molecule has 4 rings (SSSR count). The summed E-state index contributed by atoms with van der Waals surface area (Å²) in [4.78, 5) is 13.8. The lowest BCUT2D eigenvalue weighted by molar-refractivity contribution is -0.113. The highest BCUT2D eigenvalue weighted by Crippen LogP contribution is 2.46. The van der Waals surface area contributed by atoms with Crippen LogP contribution >= 0.6 is 23.4 Å². The van der Waals surface area contributed by atoms with Crippen molar-refractivity contribution in [2.75, 3.05) is 12.4 Å². The van der Waals surface area contributed by atoms with E-state index in [0.717, 1.165) is 10.6 Å². The number of nitriles is 1. The minimum Gasteiger partial charge on any atom is -0.495 e. The average molecular weight is 532 g/mol. The molecular weight excluding hydrogens is 502 g/mol. The van der Waals surface area contributed by atoms with E-state index in [1.807, 2.05) is 31.2 Å². The number of methoxy groups -OCH3 is 1. The number of hydrogen-bond acceptors (Lipinski definition) is 5. The standard InChI is InChI=1S/C30H30ClN3O2S/c1-18-12-14-21(15-13-18)17-37-30-22(16-32)28(26-19(2)8-7-9-23(26)31)27(20(3)33-30)29(35)34-24-10-5-6-11-25(24)36-4/h5-15,19,26,28,33H,17H2,1-4H3,(H,34,35). The molecule has 1 aliphatic carbocycles. The molecule has 5 nitrogen and oxygen atoms in total. The zero-order chi connectivity index (χ0) is 26.5.